The van der Waals surface area contributed by atoms with Gasteiger partial charge in [0, 0.05) is 23.5 Å². The largest absolute Gasteiger partial charge is 0.416 e. The van der Waals surface area contributed by atoms with E-state index in [1.54, 1.807) is 28.4 Å². The second kappa shape index (κ2) is 10.2. The molecule has 4 rings (SSSR count). The van der Waals surface area contributed by atoms with Gasteiger partial charge in [0.15, 0.2) is 0 Å². The maximum Gasteiger partial charge on any atom is 0.416 e. The SMILES string of the molecule is CCCN(CC(=O)N1CCc2sccc2C1c1ccc(F)cc1)C(=O)c1cccc(C(F)(F)F)c1. The van der Waals surface area contributed by atoms with Crippen LogP contribution >= 0.6 is 11.3 Å². The summed E-state index contributed by atoms with van der Waals surface area (Å²) < 4.78 is 53.0. The van der Waals surface area contributed by atoms with E-state index >= 15 is 0 Å². The van der Waals surface area contributed by atoms with Crippen molar-refractivity contribution in [2.75, 3.05) is 19.6 Å². The van der Waals surface area contributed by atoms with Crippen LogP contribution in [0, 0.1) is 5.82 Å². The van der Waals surface area contributed by atoms with Gasteiger partial charge in [0.05, 0.1) is 11.6 Å². The number of fused-ring (bicyclic) bond motifs is 1. The molecule has 1 atom stereocenters. The lowest BCUT2D eigenvalue weighted by atomic mass is 9.93. The molecule has 2 amide bonds. The quantitative estimate of drug-likeness (QED) is 0.391. The molecule has 35 heavy (non-hydrogen) atoms. The summed E-state index contributed by atoms with van der Waals surface area (Å²) in [7, 11) is 0. The summed E-state index contributed by atoms with van der Waals surface area (Å²) in [5.41, 5.74) is 0.691. The molecular formula is C26H24F4N2O2S. The minimum Gasteiger partial charge on any atom is -0.330 e. The first kappa shape index (κ1) is 24.9. The zero-order valence-electron chi connectivity index (χ0n) is 19.0. The van der Waals surface area contributed by atoms with Crippen LogP contribution in [0.5, 0.6) is 0 Å². The van der Waals surface area contributed by atoms with Crippen molar-refractivity contribution in [2.45, 2.75) is 32.0 Å². The summed E-state index contributed by atoms with van der Waals surface area (Å²) >= 11 is 1.60. The molecule has 0 spiro atoms. The molecule has 2 aromatic carbocycles. The first-order chi connectivity index (χ1) is 16.7. The van der Waals surface area contributed by atoms with Crippen LogP contribution in [0.4, 0.5) is 17.6 Å². The highest BCUT2D eigenvalue weighted by atomic mass is 32.1. The maximum atomic E-state index is 13.6. The van der Waals surface area contributed by atoms with Gasteiger partial charge in [-0.1, -0.05) is 25.1 Å². The zero-order chi connectivity index (χ0) is 25.2. The van der Waals surface area contributed by atoms with Gasteiger partial charge >= 0.3 is 6.18 Å². The lowest BCUT2D eigenvalue weighted by Crippen LogP contribution is -2.47. The number of halogens is 4. The number of hydrogen-bond acceptors (Lipinski definition) is 3. The molecule has 1 aliphatic rings. The van der Waals surface area contributed by atoms with E-state index in [0.29, 0.717) is 19.4 Å². The van der Waals surface area contributed by atoms with Crippen LogP contribution in [-0.2, 0) is 17.4 Å². The molecule has 4 nitrogen and oxygen atoms in total. The number of rotatable bonds is 6. The van der Waals surface area contributed by atoms with Crippen molar-refractivity contribution >= 4 is 23.2 Å². The average molecular weight is 505 g/mol. The molecule has 0 bridgehead atoms. The fraction of sp³-hybridized carbons (Fsp3) is 0.308. The maximum absolute atomic E-state index is 13.6. The van der Waals surface area contributed by atoms with Crippen LogP contribution in [0.15, 0.2) is 60.0 Å². The molecule has 1 aromatic heterocycles. The highest BCUT2D eigenvalue weighted by Gasteiger charge is 2.35. The van der Waals surface area contributed by atoms with Crippen molar-refractivity contribution in [1.82, 2.24) is 9.80 Å². The van der Waals surface area contributed by atoms with Crippen molar-refractivity contribution in [1.29, 1.82) is 0 Å². The molecule has 2 heterocycles. The minimum atomic E-state index is -4.57. The van der Waals surface area contributed by atoms with E-state index < -0.39 is 23.7 Å². The Morgan fingerprint density at radius 3 is 2.54 bits per heavy atom. The number of amides is 2. The van der Waals surface area contributed by atoms with Crippen LogP contribution in [0.2, 0.25) is 0 Å². The molecular weight excluding hydrogens is 480 g/mol. The van der Waals surface area contributed by atoms with Crippen LogP contribution in [-0.4, -0.2) is 41.2 Å². The molecule has 184 valence electrons. The van der Waals surface area contributed by atoms with E-state index in [4.69, 9.17) is 0 Å². The normalized spacial score (nSPS) is 15.6. The van der Waals surface area contributed by atoms with E-state index in [-0.39, 0.29) is 30.4 Å². The lowest BCUT2D eigenvalue weighted by Gasteiger charge is -2.37. The van der Waals surface area contributed by atoms with Crippen molar-refractivity contribution in [3.8, 4) is 0 Å². The van der Waals surface area contributed by atoms with Gasteiger partial charge < -0.3 is 9.80 Å². The summed E-state index contributed by atoms with van der Waals surface area (Å²) in [4.78, 5) is 30.7. The predicted molar refractivity (Wildman–Crippen MR) is 126 cm³/mol. The van der Waals surface area contributed by atoms with Gasteiger partial charge in [0.25, 0.3) is 5.91 Å². The van der Waals surface area contributed by atoms with E-state index in [1.165, 1.54) is 29.2 Å². The van der Waals surface area contributed by atoms with Crippen molar-refractivity contribution < 1.29 is 27.2 Å². The topological polar surface area (TPSA) is 40.6 Å². The summed E-state index contributed by atoms with van der Waals surface area (Å²) in [6, 6.07) is 11.7. The number of nitrogens with zero attached hydrogens (tertiary/aromatic N) is 2. The van der Waals surface area contributed by atoms with Crippen LogP contribution in [0.25, 0.3) is 0 Å². The Labute approximate surface area is 204 Å². The molecule has 1 aliphatic heterocycles. The molecule has 1 unspecified atom stereocenters. The summed E-state index contributed by atoms with van der Waals surface area (Å²) in [5, 5.41) is 1.95. The van der Waals surface area contributed by atoms with Crippen LogP contribution < -0.4 is 0 Å². The molecule has 0 fully saturated rings. The second-order valence-electron chi connectivity index (χ2n) is 8.40. The number of alkyl halides is 3. The van der Waals surface area contributed by atoms with Gasteiger partial charge in [-0.05, 0) is 65.7 Å². The van der Waals surface area contributed by atoms with E-state index in [2.05, 4.69) is 0 Å². The van der Waals surface area contributed by atoms with Crippen LogP contribution in [0.1, 0.15) is 51.3 Å². The van der Waals surface area contributed by atoms with Crippen molar-refractivity contribution in [2.24, 2.45) is 0 Å². The third-order valence-corrected chi connectivity index (χ3v) is 7.01. The Bertz CT molecular complexity index is 1210. The van der Waals surface area contributed by atoms with Gasteiger partial charge in [0.1, 0.15) is 12.4 Å². The summed E-state index contributed by atoms with van der Waals surface area (Å²) in [5.74, 6) is -1.32. The monoisotopic (exact) mass is 504 g/mol. The predicted octanol–water partition coefficient (Wildman–Crippen LogP) is 5.93. The second-order valence-corrected chi connectivity index (χ2v) is 9.40. The van der Waals surface area contributed by atoms with Crippen LogP contribution in [0.3, 0.4) is 0 Å². The third kappa shape index (κ3) is 5.40. The Balaban J connectivity index is 1.60. The summed E-state index contributed by atoms with van der Waals surface area (Å²) in [6.07, 6.45) is -3.38. The van der Waals surface area contributed by atoms with E-state index in [1.807, 2.05) is 18.4 Å². The average Bonchev–Trinajstić information content (AvgIpc) is 3.32. The molecule has 0 radical (unpaired) electrons. The Hall–Kier alpha value is -3.20. The minimum absolute atomic E-state index is 0.116. The Morgan fingerprint density at radius 2 is 1.86 bits per heavy atom. The highest BCUT2D eigenvalue weighted by Crippen LogP contribution is 2.38. The van der Waals surface area contributed by atoms with Gasteiger partial charge in [-0.25, -0.2) is 4.39 Å². The van der Waals surface area contributed by atoms with Gasteiger partial charge in [-0.3, -0.25) is 9.59 Å². The lowest BCUT2D eigenvalue weighted by molar-refractivity contribution is -0.137. The molecule has 3 aromatic rings. The van der Waals surface area contributed by atoms with Crippen molar-refractivity contribution in [3.05, 3.63) is 92.9 Å². The van der Waals surface area contributed by atoms with Gasteiger partial charge in [0.2, 0.25) is 5.91 Å². The number of carbonyl (C=O) groups is 2. The van der Waals surface area contributed by atoms with Gasteiger partial charge in [-0.15, -0.1) is 11.3 Å². The molecule has 0 aliphatic carbocycles. The van der Waals surface area contributed by atoms with Crippen molar-refractivity contribution in [3.63, 3.8) is 0 Å². The van der Waals surface area contributed by atoms with E-state index in [0.717, 1.165) is 28.1 Å². The third-order valence-electron chi connectivity index (χ3n) is 6.02. The number of carbonyl (C=O) groups excluding carboxylic acids is 2. The molecule has 0 N–H and O–H groups in total. The number of benzene rings is 2. The zero-order valence-corrected chi connectivity index (χ0v) is 19.8. The molecule has 0 saturated heterocycles. The van der Waals surface area contributed by atoms with E-state index in [9.17, 15) is 27.2 Å². The number of hydrogen-bond donors (Lipinski definition) is 0. The molecule has 9 heteroatoms. The molecule has 0 saturated carbocycles. The first-order valence-corrected chi connectivity index (χ1v) is 12.1. The highest BCUT2D eigenvalue weighted by molar-refractivity contribution is 7.10. The Morgan fingerprint density at radius 1 is 1.11 bits per heavy atom. The fourth-order valence-corrected chi connectivity index (χ4v) is 5.28. The fourth-order valence-electron chi connectivity index (χ4n) is 4.38. The van der Waals surface area contributed by atoms with Gasteiger partial charge in [-0.2, -0.15) is 13.2 Å². The number of thiophene rings is 1. The Kier molecular flexibility index (Phi) is 7.25. The standard InChI is InChI=1S/C26H24F4N2O2S/c1-2-12-31(25(34)18-4-3-5-19(15-18)26(28,29)30)16-23(33)32-13-10-22-21(11-14-35-22)24(32)17-6-8-20(27)9-7-17/h3-9,11,14-15,24H,2,10,12-13,16H2,1H3. The smallest absolute Gasteiger partial charge is 0.330 e. The first-order valence-electron chi connectivity index (χ1n) is 11.3. The summed E-state index contributed by atoms with van der Waals surface area (Å²) in [6.45, 7) is 2.21.